The molecule has 0 saturated heterocycles. The summed E-state index contributed by atoms with van der Waals surface area (Å²) in [7, 11) is 0. The van der Waals surface area contributed by atoms with Crippen LogP contribution in [0.2, 0.25) is 0 Å². The van der Waals surface area contributed by atoms with Gasteiger partial charge in [-0.3, -0.25) is 4.79 Å². The molecule has 1 heterocycles. The fourth-order valence-corrected chi connectivity index (χ4v) is 1.51. The Balaban J connectivity index is 2.20. The number of hydrogen-bond acceptors (Lipinski definition) is 4. The first-order chi connectivity index (χ1) is 9.27. The fraction of sp³-hybridized carbons (Fsp3) is 0.167. The van der Waals surface area contributed by atoms with Gasteiger partial charge in [-0.15, -0.1) is 0 Å². The zero-order chi connectivity index (χ0) is 14.9. The van der Waals surface area contributed by atoms with Crippen LogP contribution < -0.4 is 11.1 Å². The van der Waals surface area contributed by atoms with Crippen molar-refractivity contribution in [3.8, 4) is 0 Å². The number of amides is 1. The van der Waals surface area contributed by atoms with Crippen LogP contribution >= 0.6 is 0 Å². The summed E-state index contributed by atoms with van der Waals surface area (Å²) < 4.78 is 42.1. The molecule has 1 aromatic heterocycles. The molecule has 8 heteroatoms. The molecule has 2 aromatic rings. The summed E-state index contributed by atoms with van der Waals surface area (Å²) in [6, 6.07) is 4.06. The molecular formula is C12H10F3N3O2. The highest BCUT2D eigenvalue weighted by Gasteiger charge is 2.31. The van der Waals surface area contributed by atoms with Crippen molar-refractivity contribution in [2.45, 2.75) is 13.1 Å². The number of carbonyl (C=O) groups is 1. The van der Waals surface area contributed by atoms with Crippen molar-refractivity contribution in [1.29, 1.82) is 0 Å². The highest BCUT2D eigenvalue weighted by Crippen LogP contribution is 2.32. The number of nitrogens with two attached hydrogens (primary N) is 1. The van der Waals surface area contributed by atoms with E-state index >= 15 is 0 Å². The molecule has 0 fully saturated rings. The average Bonchev–Trinajstić information content (AvgIpc) is 2.77. The minimum Gasteiger partial charge on any atom is -0.397 e. The SMILES string of the molecule is Cc1cc(C(=O)Nc2ccc(C(F)(F)F)cc2N)on1. The number of nitrogens with zero attached hydrogens (tertiary/aromatic N) is 1. The summed E-state index contributed by atoms with van der Waals surface area (Å²) in [6.07, 6.45) is -4.49. The minimum atomic E-state index is -4.49. The van der Waals surface area contributed by atoms with E-state index in [-0.39, 0.29) is 17.1 Å². The second-order valence-electron chi connectivity index (χ2n) is 4.09. The number of nitrogens with one attached hydrogen (secondary N) is 1. The van der Waals surface area contributed by atoms with Gasteiger partial charge in [0.1, 0.15) is 0 Å². The van der Waals surface area contributed by atoms with Gasteiger partial charge in [0, 0.05) is 6.07 Å². The van der Waals surface area contributed by atoms with E-state index in [9.17, 15) is 18.0 Å². The maximum absolute atomic E-state index is 12.5. The highest BCUT2D eigenvalue weighted by atomic mass is 19.4. The maximum atomic E-state index is 12.5. The third-order valence-corrected chi connectivity index (χ3v) is 2.48. The van der Waals surface area contributed by atoms with Gasteiger partial charge in [0.15, 0.2) is 0 Å². The quantitative estimate of drug-likeness (QED) is 0.831. The van der Waals surface area contributed by atoms with Gasteiger partial charge in [0.25, 0.3) is 5.91 Å². The predicted octanol–water partition coefficient (Wildman–Crippen LogP) is 2.84. The molecular weight excluding hydrogens is 275 g/mol. The summed E-state index contributed by atoms with van der Waals surface area (Å²) in [4.78, 5) is 11.7. The summed E-state index contributed by atoms with van der Waals surface area (Å²) in [5.41, 5.74) is 4.99. The second kappa shape index (κ2) is 4.87. The van der Waals surface area contributed by atoms with Gasteiger partial charge in [0.2, 0.25) is 5.76 Å². The molecule has 2 rings (SSSR count). The first-order valence-electron chi connectivity index (χ1n) is 5.49. The molecule has 1 amide bonds. The number of rotatable bonds is 2. The van der Waals surface area contributed by atoms with Crippen LogP contribution in [0, 0.1) is 6.92 Å². The molecule has 5 nitrogen and oxygen atoms in total. The lowest BCUT2D eigenvalue weighted by molar-refractivity contribution is -0.137. The molecule has 1 aromatic carbocycles. The smallest absolute Gasteiger partial charge is 0.397 e. The van der Waals surface area contributed by atoms with Crippen LogP contribution in [0.15, 0.2) is 28.8 Å². The summed E-state index contributed by atoms with van der Waals surface area (Å²) in [5.74, 6) is -0.696. The first-order valence-corrected chi connectivity index (χ1v) is 5.49. The van der Waals surface area contributed by atoms with Crippen LogP contribution in [0.25, 0.3) is 0 Å². The Morgan fingerprint density at radius 3 is 2.55 bits per heavy atom. The number of hydrogen-bond donors (Lipinski definition) is 2. The number of aryl methyl sites for hydroxylation is 1. The topological polar surface area (TPSA) is 81.2 Å². The van der Waals surface area contributed by atoms with Crippen molar-refractivity contribution >= 4 is 17.3 Å². The molecule has 0 unspecified atom stereocenters. The molecule has 0 radical (unpaired) electrons. The van der Waals surface area contributed by atoms with Crippen LogP contribution in [0.1, 0.15) is 21.8 Å². The van der Waals surface area contributed by atoms with Gasteiger partial charge in [-0.2, -0.15) is 13.2 Å². The molecule has 20 heavy (non-hydrogen) atoms. The van der Waals surface area contributed by atoms with Crippen molar-refractivity contribution < 1.29 is 22.5 Å². The van der Waals surface area contributed by atoms with Gasteiger partial charge >= 0.3 is 6.18 Å². The van der Waals surface area contributed by atoms with E-state index in [1.54, 1.807) is 6.92 Å². The molecule has 0 atom stereocenters. The van der Waals surface area contributed by atoms with Crippen molar-refractivity contribution in [3.63, 3.8) is 0 Å². The molecule has 0 aliphatic rings. The van der Waals surface area contributed by atoms with E-state index in [1.807, 2.05) is 0 Å². The number of benzene rings is 1. The number of alkyl halides is 3. The third-order valence-electron chi connectivity index (χ3n) is 2.48. The number of nitrogen functional groups attached to an aromatic ring is 1. The zero-order valence-electron chi connectivity index (χ0n) is 10.3. The average molecular weight is 285 g/mol. The molecule has 0 spiro atoms. The standard InChI is InChI=1S/C12H10F3N3O2/c1-6-4-10(20-18-6)11(19)17-9-3-2-7(5-8(9)16)12(13,14)15/h2-5H,16H2,1H3,(H,17,19). The lowest BCUT2D eigenvalue weighted by Gasteiger charge is -2.11. The highest BCUT2D eigenvalue weighted by molar-refractivity contribution is 6.03. The van der Waals surface area contributed by atoms with Crippen LogP contribution in [0.5, 0.6) is 0 Å². The summed E-state index contributed by atoms with van der Waals surface area (Å²) in [6.45, 7) is 1.63. The van der Waals surface area contributed by atoms with Crippen LogP contribution in [0.3, 0.4) is 0 Å². The largest absolute Gasteiger partial charge is 0.416 e. The third kappa shape index (κ3) is 2.90. The van der Waals surface area contributed by atoms with E-state index in [4.69, 9.17) is 10.3 Å². The van der Waals surface area contributed by atoms with Crippen molar-refractivity contribution in [3.05, 3.63) is 41.3 Å². The van der Waals surface area contributed by atoms with Crippen LogP contribution in [-0.4, -0.2) is 11.1 Å². The van der Waals surface area contributed by atoms with Crippen LogP contribution in [0.4, 0.5) is 24.5 Å². The fourth-order valence-electron chi connectivity index (χ4n) is 1.51. The number of carbonyl (C=O) groups excluding carboxylic acids is 1. The van der Waals surface area contributed by atoms with Gasteiger partial charge in [-0.1, -0.05) is 5.16 Å². The van der Waals surface area contributed by atoms with E-state index < -0.39 is 17.6 Å². The Hall–Kier alpha value is -2.51. The molecule has 0 aliphatic carbocycles. The van der Waals surface area contributed by atoms with Gasteiger partial charge in [-0.05, 0) is 25.1 Å². The monoisotopic (exact) mass is 285 g/mol. The molecule has 0 bridgehead atoms. The Labute approximate surface area is 111 Å². The Kier molecular flexibility index (Phi) is 3.39. The second-order valence-corrected chi connectivity index (χ2v) is 4.09. The molecule has 0 saturated carbocycles. The van der Waals surface area contributed by atoms with E-state index in [0.29, 0.717) is 5.69 Å². The van der Waals surface area contributed by atoms with E-state index in [2.05, 4.69) is 10.5 Å². The van der Waals surface area contributed by atoms with Gasteiger partial charge < -0.3 is 15.6 Å². The number of halogens is 3. The predicted molar refractivity (Wildman–Crippen MR) is 65.0 cm³/mol. The van der Waals surface area contributed by atoms with Crippen molar-refractivity contribution in [2.24, 2.45) is 0 Å². The van der Waals surface area contributed by atoms with Crippen molar-refractivity contribution in [2.75, 3.05) is 11.1 Å². The first kappa shape index (κ1) is 13.9. The summed E-state index contributed by atoms with van der Waals surface area (Å²) in [5, 5.41) is 5.89. The minimum absolute atomic E-state index is 0.0539. The lowest BCUT2D eigenvalue weighted by atomic mass is 10.1. The van der Waals surface area contributed by atoms with E-state index in [0.717, 1.165) is 18.2 Å². The normalized spacial score (nSPS) is 11.4. The lowest BCUT2D eigenvalue weighted by Crippen LogP contribution is -2.13. The van der Waals surface area contributed by atoms with Gasteiger partial charge in [-0.25, -0.2) is 0 Å². The molecule has 0 aliphatic heterocycles. The van der Waals surface area contributed by atoms with E-state index in [1.165, 1.54) is 6.07 Å². The number of aromatic nitrogens is 1. The Bertz CT molecular complexity index is 650. The zero-order valence-corrected chi connectivity index (χ0v) is 10.3. The van der Waals surface area contributed by atoms with Crippen molar-refractivity contribution in [1.82, 2.24) is 5.16 Å². The molecule has 3 N–H and O–H groups in total. The van der Waals surface area contributed by atoms with Crippen LogP contribution in [-0.2, 0) is 6.18 Å². The number of anilines is 2. The van der Waals surface area contributed by atoms with Gasteiger partial charge in [0.05, 0.1) is 22.6 Å². The molecule has 106 valence electrons. The Morgan fingerprint density at radius 2 is 2.05 bits per heavy atom. The Morgan fingerprint density at radius 1 is 1.35 bits per heavy atom. The summed E-state index contributed by atoms with van der Waals surface area (Å²) >= 11 is 0. The maximum Gasteiger partial charge on any atom is 0.416 e.